The lowest BCUT2D eigenvalue weighted by molar-refractivity contribution is 0.196. The molecule has 10 amide bonds. The van der Waals surface area contributed by atoms with Crippen molar-refractivity contribution in [3.8, 4) is 0 Å². The Balaban J connectivity index is 0.000000155. The summed E-state index contributed by atoms with van der Waals surface area (Å²) in [5.41, 5.74) is 4.67. The van der Waals surface area contributed by atoms with Crippen LogP contribution in [0.5, 0.6) is 0 Å². The van der Waals surface area contributed by atoms with Gasteiger partial charge in [-0.1, -0.05) is 116 Å². The summed E-state index contributed by atoms with van der Waals surface area (Å²) in [5.74, 6) is 0.696. The lowest BCUT2D eigenvalue weighted by Gasteiger charge is -2.25. The van der Waals surface area contributed by atoms with Crippen LogP contribution in [0.15, 0.2) is 86.5 Å². The zero-order chi connectivity index (χ0) is 76.4. The third kappa shape index (κ3) is 25.6. The molecule has 2 saturated carbocycles. The van der Waals surface area contributed by atoms with Crippen molar-refractivity contribution in [1.29, 1.82) is 0 Å². The van der Waals surface area contributed by atoms with Crippen LogP contribution in [-0.2, 0) is 0 Å². The topological polar surface area (TPSA) is 275 Å². The number of carbonyl (C=O) groups excluding carboxylic acids is 5. The Morgan fingerprint density at radius 2 is 0.682 bits per heavy atom. The number of hydrogen-bond acceptors (Lipinski definition) is 17. The van der Waals surface area contributed by atoms with Crippen molar-refractivity contribution in [3.05, 3.63) is 137 Å². The van der Waals surface area contributed by atoms with Gasteiger partial charge in [0.25, 0.3) is 0 Å². The van der Waals surface area contributed by atoms with Crippen LogP contribution in [0.2, 0.25) is 50.2 Å². The zero-order valence-corrected chi connectivity index (χ0v) is 66.8. The fraction of sp³-hybridized carbons (Fsp3) is 0.500. The highest BCUT2D eigenvalue weighted by Crippen LogP contribution is 2.38. The number of pyridine rings is 6. The molecular formula is C70H89Cl10N21O6. The van der Waals surface area contributed by atoms with Gasteiger partial charge in [-0.05, 0) is 75.8 Å². The van der Waals surface area contributed by atoms with Gasteiger partial charge in [-0.3, -0.25) is 29.9 Å². The maximum atomic E-state index is 12.4. The molecule has 0 aromatic carbocycles. The average molecular weight is 1680 g/mol. The minimum absolute atomic E-state index is 0.0423. The van der Waals surface area contributed by atoms with Crippen LogP contribution in [0, 0.1) is 5.92 Å². The number of halogens is 10. The van der Waals surface area contributed by atoms with Gasteiger partial charge in [0.05, 0.1) is 97.2 Å². The molecule has 0 bridgehead atoms. The lowest BCUT2D eigenvalue weighted by atomic mass is 10.3. The van der Waals surface area contributed by atoms with Gasteiger partial charge in [0.2, 0.25) is 0 Å². The number of nitrogens with zero attached hydrogens (tertiary/aromatic N) is 16. The monoisotopic (exact) mass is 1670 g/mol. The van der Waals surface area contributed by atoms with Gasteiger partial charge < -0.3 is 80.7 Å². The van der Waals surface area contributed by atoms with E-state index in [9.17, 15) is 24.0 Å². The van der Waals surface area contributed by atoms with Crippen LogP contribution in [0.4, 0.5) is 58.1 Å². The van der Waals surface area contributed by atoms with Gasteiger partial charge in [-0.25, -0.2) is 24.0 Å². The number of amides is 10. The van der Waals surface area contributed by atoms with Gasteiger partial charge in [0, 0.05) is 225 Å². The summed E-state index contributed by atoms with van der Waals surface area (Å²) in [7, 11) is 1.64. The van der Waals surface area contributed by atoms with Crippen LogP contribution in [0.1, 0.15) is 57.8 Å². The number of rotatable bonds is 11. The molecular weight excluding hydrogens is 1590 g/mol. The first-order valence-corrected chi connectivity index (χ1v) is 39.3. The van der Waals surface area contributed by atoms with Crippen molar-refractivity contribution in [2.45, 2.75) is 63.8 Å². The Morgan fingerprint density at radius 1 is 0.374 bits per heavy atom. The fourth-order valence-corrected chi connectivity index (χ4v) is 15.5. The van der Waals surface area contributed by atoms with Crippen LogP contribution in [0.25, 0.3) is 0 Å². The van der Waals surface area contributed by atoms with Crippen LogP contribution < -0.4 is 51.1 Å². The van der Waals surface area contributed by atoms with E-state index in [0.29, 0.717) is 133 Å². The summed E-state index contributed by atoms with van der Waals surface area (Å²) in [5, 5.41) is 28.4. The SMILES string of the molecule is CNC(=O)N1CCCN(c2c(Cl)cncc2Cl)CC1.O=C(NC1CC1)N1CCCN(c2c(Cl)cncc2Cl)CC1.O=C(NCC1CC1)N1CCCN(c2c(Cl)cncc2Cl)CC1.O=C(NCCO)N1CCCN(c2c(Cl)cncc2Cl)CC1.O=C(Nc1cccnc1)N1CCCN(c2c(Cl)cncc2Cl)CC1. The number of nitrogens with one attached hydrogen (secondary N) is 5. The number of anilines is 6. The quantitative estimate of drug-likeness (QED) is 0.0703. The molecule has 0 spiro atoms. The van der Waals surface area contributed by atoms with E-state index in [1.807, 2.05) is 15.9 Å². The molecule has 6 aromatic rings. The molecule has 5 saturated heterocycles. The number of urea groups is 5. The molecule has 7 aliphatic rings. The largest absolute Gasteiger partial charge is 0.395 e. The van der Waals surface area contributed by atoms with Crippen molar-refractivity contribution in [3.63, 3.8) is 0 Å². The van der Waals surface area contributed by atoms with Gasteiger partial charge in [0.1, 0.15) is 0 Å². The van der Waals surface area contributed by atoms with E-state index in [1.165, 1.54) is 12.8 Å². The molecule has 6 N–H and O–H groups in total. The zero-order valence-electron chi connectivity index (χ0n) is 59.3. The predicted octanol–water partition coefficient (Wildman–Crippen LogP) is 13.2. The second-order valence-electron chi connectivity index (χ2n) is 25.9. The summed E-state index contributed by atoms with van der Waals surface area (Å²) in [6.07, 6.45) is 28.2. The van der Waals surface area contributed by atoms with Crippen molar-refractivity contribution >= 4 is 180 Å². The number of aliphatic hydroxyl groups excluding tert-OH is 1. The fourth-order valence-electron chi connectivity index (χ4n) is 12.5. The highest BCUT2D eigenvalue weighted by atomic mass is 35.5. The Labute approximate surface area is 674 Å². The molecule has 0 atom stereocenters. The van der Waals surface area contributed by atoms with E-state index in [0.717, 1.165) is 145 Å². The van der Waals surface area contributed by atoms with Crippen LogP contribution >= 0.6 is 116 Å². The summed E-state index contributed by atoms with van der Waals surface area (Å²) >= 11 is 62.0. The normalized spacial score (nSPS) is 17.0. The first-order valence-electron chi connectivity index (χ1n) is 35.6. The highest BCUT2D eigenvalue weighted by molar-refractivity contribution is 6.41. The van der Waals surface area contributed by atoms with Crippen molar-refractivity contribution in [2.24, 2.45) is 5.92 Å². The first-order chi connectivity index (χ1) is 51.7. The average Bonchev–Trinajstić information content (AvgIpc) is 1.43. The molecule has 6 aromatic heterocycles. The second-order valence-corrected chi connectivity index (χ2v) is 30.0. The van der Waals surface area contributed by atoms with E-state index in [-0.39, 0.29) is 43.3 Å². The standard InChI is InChI=1S/C16H17Cl2N5O.C15H20Cl2N4O.C14H18Cl2N4O.C13H18Cl2N4O2.C12H16Cl2N4O/c17-13-10-20-11-14(18)15(13)22-5-2-6-23(8-7-22)16(24)21-12-3-1-4-19-9-12;16-12-9-18-10-13(17)14(12)20-4-1-5-21(7-6-20)15(22)19-8-11-2-3-11;15-11-8-17-9-12(16)13(11)19-4-1-5-20(7-6-19)14(21)18-10-2-3-10;14-10-8-16-9-11(15)12(10)18-3-1-4-19(6-5-18)13(21)17-2-7-20;1-15-12(19)18-4-2-3-17(5-6-18)11-9(13)7-16-8-10(11)14/h1,3-4,9-11H,2,5-8H2,(H,21,24);9-11H,1-8H2,(H,19,22);8-10H,1-7H2,(H,18,21);8-9,20H,1-7H2,(H,17,21);7-8H,2-6H2,1H3,(H,15,19). The summed E-state index contributed by atoms with van der Waals surface area (Å²) in [6, 6.07) is 3.75. The molecule has 37 heteroatoms. The number of aromatic nitrogens is 6. The molecule has 580 valence electrons. The molecule has 27 nitrogen and oxygen atoms in total. The van der Waals surface area contributed by atoms with E-state index in [2.05, 4.69) is 81.0 Å². The number of carbonyl (C=O) groups is 5. The lowest BCUT2D eigenvalue weighted by Crippen LogP contribution is -2.43. The number of hydrogen-bond donors (Lipinski definition) is 6. The molecule has 13 rings (SSSR count). The summed E-state index contributed by atoms with van der Waals surface area (Å²) < 4.78 is 0. The molecule has 0 unspecified atom stereocenters. The van der Waals surface area contributed by atoms with E-state index >= 15 is 0 Å². The Morgan fingerprint density at radius 3 is 0.972 bits per heavy atom. The van der Waals surface area contributed by atoms with Crippen molar-refractivity contribution in [2.75, 3.05) is 187 Å². The van der Waals surface area contributed by atoms with Gasteiger partial charge in [-0.15, -0.1) is 0 Å². The maximum Gasteiger partial charge on any atom is 0.321 e. The van der Waals surface area contributed by atoms with Gasteiger partial charge in [-0.2, -0.15) is 0 Å². The van der Waals surface area contributed by atoms with Crippen molar-refractivity contribution < 1.29 is 29.1 Å². The Hall–Kier alpha value is -6.89. The van der Waals surface area contributed by atoms with E-state index in [1.54, 1.807) is 102 Å². The third-order valence-corrected chi connectivity index (χ3v) is 21.1. The minimum atomic E-state index is -0.155. The molecule has 107 heavy (non-hydrogen) atoms. The van der Waals surface area contributed by atoms with E-state index < -0.39 is 0 Å². The molecule has 11 heterocycles. The number of aliphatic hydroxyl groups is 1. The Bertz CT molecular complexity index is 3800. The summed E-state index contributed by atoms with van der Waals surface area (Å²) in [6.45, 7) is 15.2. The van der Waals surface area contributed by atoms with Gasteiger partial charge >= 0.3 is 30.2 Å². The Kier molecular flexibility index (Phi) is 33.7. The second kappa shape index (κ2) is 42.9. The van der Waals surface area contributed by atoms with E-state index in [4.69, 9.17) is 121 Å². The molecule has 2 aliphatic carbocycles. The molecule has 5 aliphatic heterocycles. The van der Waals surface area contributed by atoms with Crippen LogP contribution in [-0.4, -0.2) is 253 Å². The van der Waals surface area contributed by atoms with Crippen LogP contribution in [0.3, 0.4) is 0 Å². The maximum absolute atomic E-state index is 12.4. The van der Waals surface area contributed by atoms with Gasteiger partial charge in [0.15, 0.2) is 0 Å². The summed E-state index contributed by atoms with van der Waals surface area (Å²) in [4.78, 5) is 104. The smallest absolute Gasteiger partial charge is 0.321 e. The molecule has 0 radical (unpaired) electrons. The predicted molar refractivity (Wildman–Crippen MR) is 429 cm³/mol. The first kappa shape index (κ1) is 84.1. The third-order valence-electron chi connectivity index (χ3n) is 18.3. The minimum Gasteiger partial charge on any atom is -0.395 e. The highest BCUT2D eigenvalue weighted by Gasteiger charge is 2.31. The van der Waals surface area contributed by atoms with Crippen molar-refractivity contribution in [1.82, 2.24) is 75.7 Å². The molecule has 7 fully saturated rings.